The van der Waals surface area contributed by atoms with E-state index in [2.05, 4.69) is 47.0 Å². The zero-order valence-electron chi connectivity index (χ0n) is 17.6. The van der Waals surface area contributed by atoms with Gasteiger partial charge in [0.1, 0.15) is 11.6 Å². The molecule has 1 fully saturated rings. The van der Waals surface area contributed by atoms with Crippen LogP contribution in [0.3, 0.4) is 0 Å². The lowest BCUT2D eigenvalue weighted by atomic mass is 10.1. The van der Waals surface area contributed by atoms with Gasteiger partial charge in [0.25, 0.3) is 0 Å². The van der Waals surface area contributed by atoms with Crippen molar-refractivity contribution in [1.82, 2.24) is 9.55 Å². The Morgan fingerprint density at radius 3 is 2.48 bits per heavy atom. The number of fused-ring (bicyclic) bond motifs is 1. The van der Waals surface area contributed by atoms with E-state index >= 15 is 0 Å². The lowest BCUT2D eigenvalue weighted by Gasteiger charge is -2.18. The number of benzene rings is 3. The number of anilines is 1. The predicted octanol–water partition coefficient (Wildman–Crippen LogP) is 4.81. The van der Waals surface area contributed by atoms with E-state index in [1.807, 2.05) is 41.3 Å². The molecule has 31 heavy (non-hydrogen) atoms. The van der Waals surface area contributed by atoms with E-state index in [1.54, 1.807) is 7.11 Å². The number of carbonyl (C=O) groups is 1. The minimum absolute atomic E-state index is 0.0674. The number of imidazole rings is 1. The van der Waals surface area contributed by atoms with Gasteiger partial charge in [-0.3, -0.25) is 4.79 Å². The molecule has 1 aliphatic rings. The van der Waals surface area contributed by atoms with Gasteiger partial charge in [-0.2, -0.15) is 0 Å². The fraction of sp³-hybridized carbons (Fsp3) is 0.231. The first-order chi connectivity index (χ1) is 15.2. The van der Waals surface area contributed by atoms with Crippen LogP contribution in [0.15, 0.2) is 78.9 Å². The molecule has 156 valence electrons. The first-order valence-electron chi connectivity index (χ1n) is 10.7. The summed E-state index contributed by atoms with van der Waals surface area (Å²) < 4.78 is 7.55. The number of nitrogens with zero attached hydrogens (tertiary/aromatic N) is 3. The quantitative estimate of drug-likeness (QED) is 0.458. The standard InChI is InChI=1S/C26H25N3O2/c1-31-22-13-11-21(12-14-22)29-18-20(17-25(29)30)26-27-23-9-5-6-10-24(23)28(26)16-15-19-7-3-2-4-8-19/h2-14,20H,15-18H2,1H3/t20-/m1/s1. The van der Waals surface area contributed by atoms with E-state index in [9.17, 15) is 4.79 Å². The predicted molar refractivity (Wildman–Crippen MR) is 123 cm³/mol. The molecule has 3 aromatic carbocycles. The lowest BCUT2D eigenvalue weighted by molar-refractivity contribution is -0.117. The van der Waals surface area contributed by atoms with Crippen molar-refractivity contribution in [3.05, 3.63) is 90.3 Å². The summed E-state index contributed by atoms with van der Waals surface area (Å²) in [6, 6.07) is 26.4. The molecule has 5 heteroatoms. The fourth-order valence-corrected chi connectivity index (χ4v) is 4.42. The van der Waals surface area contributed by atoms with Crippen LogP contribution >= 0.6 is 0 Å². The Kier molecular flexibility index (Phi) is 5.16. The van der Waals surface area contributed by atoms with E-state index in [4.69, 9.17) is 9.72 Å². The molecule has 0 N–H and O–H groups in total. The molecule has 0 bridgehead atoms. The largest absolute Gasteiger partial charge is 0.497 e. The average Bonchev–Trinajstić information content (AvgIpc) is 3.39. The van der Waals surface area contributed by atoms with Crippen molar-refractivity contribution in [1.29, 1.82) is 0 Å². The van der Waals surface area contributed by atoms with Crippen LogP contribution in [-0.2, 0) is 17.8 Å². The summed E-state index contributed by atoms with van der Waals surface area (Å²) in [7, 11) is 1.64. The van der Waals surface area contributed by atoms with Gasteiger partial charge in [0.2, 0.25) is 5.91 Å². The van der Waals surface area contributed by atoms with Crippen LogP contribution in [-0.4, -0.2) is 29.1 Å². The Morgan fingerprint density at radius 1 is 0.968 bits per heavy atom. The minimum Gasteiger partial charge on any atom is -0.497 e. The second-order valence-electron chi connectivity index (χ2n) is 7.95. The molecule has 4 aromatic rings. The van der Waals surface area contributed by atoms with E-state index in [0.717, 1.165) is 41.3 Å². The molecular weight excluding hydrogens is 386 g/mol. The van der Waals surface area contributed by atoms with Crippen LogP contribution in [0.4, 0.5) is 5.69 Å². The van der Waals surface area contributed by atoms with E-state index in [0.29, 0.717) is 13.0 Å². The zero-order chi connectivity index (χ0) is 21.2. The van der Waals surface area contributed by atoms with Crippen molar-refractivity contribution in [2.24, 2.45) is 0 Å². The first-order valence-corrected chi connectivity index (χ1v) is 10.7. The van der Waals surface area contributed by atoms with Crippen molar-refractivity contribution in [3.63, 3.8) is 0 Å². The van der Waals surface area contributed by atoms with E-state index in [1.165, 1.54) is 5.56 Å². The second-order valence-corrected chi connectivity index (χ2v) is 7.95. The van der Waals surface area contributed by atoms with Crippen molar-refractivity contribution in [2.75, 3.05) is 18.6 Å². The maximum Gasteiger partial charge on any atom is 0.227 e. The summed E-state index contributed by atoms with van der Waals surface area (Å²) in [4.78, 5) is 19.7. The first kappa shape index (κ1) is 19.4. The number of ether oxygens (including phenoxy) is 1. The van der Waals surface area contributed by atoms with Gasteiger partial charge in [-0.15, -0.1) is 0 Å². The van der Waals surface area contributed by atoms with Crippen LogP contribution in [0.1, 0.15) is 23.7 Å². The van der Waals surface area contributed by atoms with Crippen molar-refractivity contribution in [3.8, 4) is 5.75 Å². The third kappa shape index (κ3) is 3.79. The van der Waals surface area contributed by atoms with Crippen molar-refractivity contribution in [2.45, 2.75) is 25.3 Å². The van der Waals surface area contributed by atoms with Gasteiger partial charge in [0.15, 0.2) is 0 Å². The Labute approximate surface area is 181 Å². The maximum atomic E-state index is 12.9. The van der Waals surface area contributed by atoms with Crippen molar-refractivity contribution >= 4 is 22.6 Å². The molecule has 1 aliphatic heterocycles. The molecule has 1 amide bonds. The van der Waals surface area contributed by atoms with Crippen LogP contribution in [0, 0.1) is 0 Å². The highest BCUT2D eigenvalue weighted by molar-refractivity contribution is 5.96. The second kappa shape index (κ2) is 8.26. The minimum atomic E-state index is 0.0674. The summed E-state index contributed by atoms with van der Waals surface area (Å²) in [5.41, 5.74) is 4.32. The molecule has 0 spiro atoms. The highest BCUT2D eigenvalue weighted by Crippen LogP contribution is 2.34. The summed E-state index contributed by atoms with van der Waals surface area (Å²) in [6.45, 7) is 1.48. The summed E-state index contributed by atoms with van der Waals surface area (Å²) in [5, 5.41) is 0. The SMILES string of the molecule is COc1ccc(N2C[C@H](c3nc4ccccc4n3CCc3ccccc3)CC2=O)cc1. The topological polar surface area (TPSA) is 47.4 Å². The molecule has 2 heterocycles. The Balaban J connectivity index is 1.44. The molecule has 1 aromatic heterocycles. The molecule has 1 saturated heterocycles. The number of para-hydroxylation sites is 2. The molecule has 0 aliphatic carbocycles. The number of methoxy groups -OCH3 is 1. The van der Waals surface area contributed by atoms with Crippen LogP contribution < -0.4 is 9.64 Å². The monoisotopic (exact) mass is 411 g/mol. The van der Waals surface area contributed by atoms with Crippen LogP contribution in [0.2, 0.25) is 0 Å². The smallest absolute Gasteiger partial charge is 0.227 e. The molecule has 0 radical (unpaired) electrons. The molecular formula is C26H25N3O2. The Hall–Kier alpha value is -3.60. The highest BCUT2D eigenvalue weighted by Gasteiger charge is 2.34. The third-order valence-corrected chi connectivity index (χ3v) is 6.03. The fourth-order valence-electron chi connectivity index (χ4n) is 4.42. The highest BCUT2D eigenvalue weighted by atomic mass is 16.5. The molecule has 0 saturated carbocycles. The maximum absolute atomic E-state index is 12.9. The van der Waals surface area contributed by atoms with E-state index in [-0.39, 0.29) is 11.8 Å². The summed E-state index contributed by atoms with van der Waals surface area (Å²) in [6.07, 6.45) is 1.40. The number of aryl methyl sites for hydroxylation is 2. The number of hydrogen-bond donors (Lipinski definition) is 0. The summed E-state index contributed by atoms with van der Waals surface area (Å²) in [5.74, 6) is 1.99. The van der Waals surface area contributed by atoms with Gasteiger partial charge < -0.3 is 14.2 Å². The van der Waals surface area contributed by atoms with E-state index < -0.39 is 0 Å². The van der Waals surface area contributed by atoms with Gasteiger partial charge in [-0.25, -0.2) is 4.98 Å². The normalized spacial score (nSPS) is 16.2. The zero-order valence-corrected chi connectivity index (χ0v) is 17.6. The average molecular weight is 412 g/mol. The number of aromatic nitrogens is 2. The van der Waals surface area contributed by atoms with Gasteiger partial charge >= 0.3 is 0 Å². The Morgan fingerprint density at radius 2 is 1.71 bits per heavy atom. The van der Waals surface area contributed by atoms with Gasteiger partial charge in [-0.05, 0) is 48.4 Å². The number of rotatable bonds is 6. The van der Waals surface area contributed by atoms with Crippen molar-refractivity contribution < 1.29 is 9.53 Å². The van der Waals surface area contributed by atoms with Gasteiger partial charge in [0, 0.05) is 31.1 Å². The number of amides is 1. The molecule has 1 atom stereocenters. The van der Waals surface area contributed by atoms with Gasteiger partial charge in [0.05, 0.1) is 18.1 Å². The number of hydrogen-bond acceptors (Lipinski definition) is 3. The Bertz CT molecular complexity index is 1200. The molecule has 5 nitrogen and oxygen atoms in total. The van der Waals surface area contributed by atoms with Gasteiger partial charge in [-0.1, -0.05) is 42.5 Å². The molecule has 0 unspecified atom stereocenters. The van der Waals surface area contributed by atoms with Crippen LogP contribution in [0.5, 0.6) is 5.75 Å². The third-order valence-electron chi connectivity index (χ3n) is 6.03. The number of carbonyl (C=O) groups excluding carboxylic acids is 1. The summed E-state index contributed by atoms with van der Waals surface area (Å²) >= 11 is 0. The lowest BCUT2D eigenvalue weighted by Crippen LogP contribution is -2.24. The molecule has 5 rings (SSSR count). The van der Waals surface area contributed by atoms with Crippen LogP contribution in [0.25, 0.3) is 11.0 Å².